The molecule has 2 aromatic heterocycles. The first-order chi connectivity index (χ1) is 14.3. The van der Waals surface area contributed by atoms with Gasteiger partial charge in [0.25, 0.3) is 5.95 Å². The molecule has 1 atom stereocenters. The van der Waals surface area contributed by atoms with Crippen LogP contribution in [-0.2, 0) is 11.2 Å². The van der Waals surface area contributed by atoms with Gasteiger partial charge < -0.3 is 10.1 Å². The molecular weight excluding hydrogens is 446 g/mol. The maximum Gasteiger partial charge on any atom is 0.251 e. The molecule has 0 saturated heterocycles. The Balaban J connectivity index is 1.55. The van der Waals surface area contributed by atoms with Crippen LogP contribution in [-0.4, -0.2) is 32.3 Å². The lowest BCUT2D eigenvalue weighted by Gasteiger charge is -2.27. The molecule has 0 saturated carbocycles. The van der Waals surface area contributed by atoms with Crippen LogP contribution in [0.5, 0.6) is 5.75 Å². The number of carbonyl (C=O) groups is 1. The average Bonchev–Trinajstić information content (AvgIpc) is 2.96. The Hall–Kier alpha value is -2.74. The van der Waals surface area contributed by atoms with Crippen molar-refractivity contribution in [3.63, 3.8) is 0 Å². The number of aromatic nitrogens is 4. The molecule has 1 amide bonds. The van der Waals surface area contributed by atoms with Crippen molar-refractivity contribution < 1.29 is 9.53 Å². The zero-order chi connectivity index (χ0) is 21.4. The molecule has 3 heterocycles. The van der Waals surface area contributed by atoms with Crippen molar-refractivity contribution in [2.45, 2.75) is 46.6 Å². The molecule has 3 aromatic rings. The number of fused-ring (bicyclic) bond motifs is 1. The summed E-state index contributed by atoms with van der Waals surface area (Å²) in [4.78, 5) is 21.9. The van der Waals surface area contributed by atoms with Gasteiger partial charge in [-0.15, -0.1) is 0 Å². The van der Waals surface area contributed by atoms with Gasteiger partial charge in [-0.05, 0) is 52.0 Å². The van der Waals surface area contributed by atoms with E-state index < -0.39 is 0 Å². The standard InChI is InChI=1S/C22H24BrN5O2/c1-12-9-13(2)25-22(24-12)28-15(4)17(14(3)27-28)11-21(29)26-19-7-8-30-20-6-5-16(23)10-18(19)20/h5-6,9-10,19H,7-8,11H2,1-4H3,(H,26,29). The Morgan fingerprint density at radius 3 is 2.67 bits per heavy atom. The lowest BCUT2D eigenvalue weighted by Crippen LogP contribution is -2.33. The van der Waals surface area contributed by atoms with Crippen molar-refractivity contribution >= 4 is 21.8 Å². The van der Waals surface area contributed by atoms with Gasteiger partial charge in [-0.2, -0.15) is 5.10 Å². The molecule has 0 spiro atoms. The predicted molar refractivity (Wildman–Crippen MR) is 117 cm³/mol. The highest BCUT2D eigenvalue weighted by Crippen LogP contribution is 2.34. The molecule has 0 bridgehead atoms. The topological polar surface area (TPSA) is 81.9 Å². The van der Waals surface area contributed by atoms with Crippen molar-refractivity contribution in [2.24, 2.45) is 0 Å². The molecule has 1 N–H and O–H groups in total. The van der Waals surface area contributed by atoms with Crippen LogP contribution in [0.25, 0.3) is 5.95 Å². The first-order valence-corrected chi connectivity index (χ1v) is 10.7. The van der Waals surface area contributed by atoms with Crippen LogP contribution in [0.15, 0.2) is 28.7 Å². The van der Waals surface area contributed by atoms with Gasteiger partial charge in [0.2, 0.25) is 5.91 Å². The Morgan fingerprint density at radius 2 is 1.93 bits per heavy atom. The molecule has 1 unspecified atom stereocenters. The number of benzene rings is 1. The third kappa shape index (κ3) is 4.09. The average molecular weight is 470 g/mol. The number of nitrogens with zero attached hydrogens (tertiary/aromatic N) is 4. The van der Waals surface area contributed by atoms with E-state index in [1.807, 2.05) is 52.0 Å². The number of aryl methyl sites for hydroxylation is 3. The minimum absolute atomic E-state index is 0.0417. The number of ether oxygens (including phenoxy) is 1. The zero-order valence-corrected chi connectivity index (χ0v) is 19.1. The highest BCUT2D eigenvalue weighted by atomic mass is 79.9. The lowest BCUT2D eigenvalue weighted by atomic mass is 10.00. The summed E-state index contributed by atoms with van der Waals surface area (Å²) in [5, 5.41) is 7.76. The smallest absolute Gasteiger partial charge is 0.251 e. The molecule has 0 fully saturated rings. The highest BCUT2D eigenvalue weighted by molar-refractivity contribution is 9.10. The van der Waals surface area contributed by atoms with E-state index in [2.05, 4.69) is 36.3 Å². The number of hydrogen-bond acceptors (Lipinski definition) is 5. The number of nitrogens with one attached hydrogen (secondary N) is 1. The van der Waals surface area contributed by atoms with Gasteiger partial charge in [-0.25, -0.2) is 14.6 Å². The summed E-state index contributed by atoms with van der Waals surface area (Å²) in [7, 11) is 0. The maximum atomic E-state index is 12.9. The van der Waals surface area contributed by atoms with Crippen LogP contribution >= 0.6 is 15.9 Å². The monoisotopic (exact) mass is 469 g/mol. The Morgan fingerprint density at radius 1 is 1.20 bits per heavy atom. The third-order valence-electron chi connectivity index (χ3n) is 5.28. The van der Waals surface area contributed by atoms with Crippen LogP contribution in [0.3, 0.4) is 0 Å². The molecule has 156 valence electrons. The van der Waals surface area contributed by atoms with Crippen LogP contribution in [0, 0.1) is 27.7 Å². The summed E-state index contributed by atoms with van der Waals surface area (Å²) in [6.07, 6.45) is 0.992. The second kappa shape index (κ2) is 8.18. The van der Waals surface area contributed by atoms with Gasteiger partial charge in [0.1, 0.15) is 5.75 Å². The highest BCUT2D eigenvalue weighted by Gasteiger charge is 2.25. The van der Waals surface area contributed by atoms with E-state index in [0.29, 0.717) is 12.6 Å². The predicted octanol–water partition coefficient (Wildman–Crippen LogP) is 3.84. The van der Waals surface area contributed by atoms with Gasteiger partial charge in [-0.1, -0.05) is 15.9 Å². The molecule has 0 radical (unpaired) electrons. The Labute approximate surface area is 184 Å². The normalized spacial score (nSPS) is 15.4. The zero-order valence-electron chi connectivity index (χ0n) is 17.5. The lowest BCUT2D eigenvalue weighted by molar-refractivity contribution is -0.121. The second-order valence-corrected chi connectivity index (χ2v) is 8.54. The van der Waals surface area contributed by atoms with Gasteiger partial charge in [-0.3, -0.25) is 4.79 Å². The van der Waals surface area contributed by atoms with Crippen LogP contribution in [0.4, 0.5) is 0 Å². The molecular formula is C22H24BrN5O2. The molecule has 1 aliphatic rings. The summed E-state index contributed by atoms with van der Waals surface area (Å²) in [6.45, 7) is 8.31. The molecule has 30 heavy (non-hydrogen) atoms. The fourth-order valence-electron chi connectivity index (χ4n) is 3.85. The minimum atomic E-state index is -0.0721. The fraction of sp³-hybridized carbons (Fsp3) is 0.364. The molecule has 8 heteroatoms. The molecule has 1 aliphatic heterocycles. The van der Waals surface area contributed by atoms with Gasteiger partial charge >= 0.3 is 0 Å². The number of halogens is 1. The first kappa shape index (κ1) is 20.5. The van der Waals surface area contributed by atoms with E-state index in [-0.39, 0.29) is 18.4 Å². The first-order valence-electron chi connectivity index (χ1n) is 9.91. The van der Waals surface area contributed by atoms with E-state index in [1.54, 1.807) is 4.68 Å². The van der Waals surface area contributed by atoms with E-state index in [4.69, 9.17) is 4.74 Å². The van der Waals surface area contributed by atoms with E-state index >= 15 is 0 Å². The second-order valence-electron chi connectivity index (χ2n) is 7.63. The van der Waals surface area contributed by atoms with E-state index in [0.717, 1.165) is 50.5 Å². The van der Waals surface area contributed by atoms with Crippen LogP contribution in [0.2, 0.25) is 0 Å². The Bertz CT molecular complexity index is 1100. The molecule has 4 rings (SSSR count). The van der Waals surface area contributed by atoms with Crippen LogP contribution < -0.4 is 10.1 Å². The molecule has 0 aliphatic carbocycles. The van der Waals surface area contributed by atoms with Gasteiger partial charge in [0, 0.05) is 39.1 Å². The van der Waals surface area contributed by atoms with Crippen molar-refractivity contribution in [3.8, 4) is 11.7 Å². The number of hydrogen-bond donors (Lipinski definition) is 1. The number of carbonyl (C=O) groups excluding carboxylic acids is 1. The molecule has 1 aromatic carbocycles. The Kier molecular flexibility index (Phi) is 5.60. The summed E-state index contributed by atoms with van der Waals surface area (Å²) in [6, 6.07) is 7.73. The van der Waals surface area contributed by atoms with Crippen molar-refractivity contribution in [3.05, 3.63) is 62.6 Å². The third-order valence-corrected chi connectivity index (χ3v) is 5.78. The minimum Gasteiger partial charge on any atom is -0.493 e. The van der Waals surface area contributed by atoms with E-state index in [1.165, 1.54) is 0 Å². The van der Waals surface area contributed by atoms with Crippen molar-refractivity contribution in [1.29, 1.82) is 0 Å². The quantitative estimate of drug-likeness (QED) is 0.627. The maximum absolute atomic E-state index is 12.9. The SMILES string of the molecule is Cc1cc(C)nc(-n2nc(C)c(CC(=O)NC3CCOc4ccc(Br)cc43)c2C)n1. The van der Waals surface area contributed by atoms with Gasteiger partial charge in [0.15, 0.2) is 0 Å². The van der Waals surface area contributed by atoms with Crippen molar-refractivity contribution in [1.82, 2.24) is 25.1 Å². The van der Waals surface area contributed by atoms with Crippen LogP contribution in [0.1, 0.15) is 46.4 Å². The molecule has 7 nitrogen and oxygen atoms in total. The largest absolute Gasteiger partial charge is 0.493 e. The summed E-state index contributed by atoms with van der Waals surface area (Å²) in [5.74, 6) is 1.31. The number of rotatable bonds is 4. The van der Waals surface area contributed by atoms with Crippen molar-refractivity contribution in [2.75, 3.05) is 6.61 Å². The summed E-state index contributed by atoms with van der Waals surface area (Å²) >= 11 is 3.50. The summed E-state index contributed by atoms with van der Waals surface area (Å²) in [5.41, 5.74) is 5.35. The van der Waals surface area contributed by atoms with Gasteiger partial charge in [0.05, 0.1) is 24.8 Å². The van der Waals surface area contributed by atoms with E-state index in [9.17, 15) is 4.79 Å². The number of amides is 1. The fourth-order valence-corrected chi connectivity index (χ4v) is 4.23. The summed E-state index contributed by atoms with van der Waals surface area (Å²) < 4.78 is 8.41.